The number of aromatic amines is 1. The Hall–Kier alpha value is -0.990. The molecule has 0 unspecified atom stereocenters. The summed E-state index contributed by atoms with van der Waals surface area (Å²) in [7, 11) is 0. The van der Waals surface area contributed by atoms with Gasteiger partial charge in [0.25, 0.3) is 0 Å². The lowest BCUT2D eigenvalue weighted by Crippen LogP contribution is -2.21. The fourth-order valence-electron chi connectivity index (χ4n) is 3.22. The van der Waals surface area contributed by atoms with Crippen molar-refractivity contribution in [2.75, 3.05) is 0 Å². The number of nitrogens with one attached hydrogen (secondary N) is 2. The van der Waals surface area contributed by atoms with Crippen molar-refractivity contribution in [3.05, 3.63) is 35.0 Å². The van der Waals surface area contributed by atoms with Crippen LogP contribution in [0.5, 0.6) is 0 Å². The van der Waals surface area contributed by atoms with Crippen molar-refractivity contribution in [1.82, 2.24) is 10.3 Å². The number of hydrogen-bond acceptors (Lipinski definition) is 1. The van der Waals surface area contributed by atoms with Crippen LogP contribution in [0.2, 0.25) is 5.02 Å². The monoisotopic (exact) mass is 276 g/mol. The lowest BCUT2D eigenvalue weighted by Gasteiger charge is -2.05. The van der Waals surface area contributed by atoms with Gasteiger partial charge in [0.2, 0.25) is 0 Å². The van der Waals surface area contributed by atoms with Gasteiger partial charge < -0.3 is 10.3 Å². The van der Waals surface area contributed by atoms with Crippen LogP contribution in [-0.2, 0) is 6.54 Å². The SMILES string of the molecule is CC1(C)C(NCc2c[nH]c3cc(Cl)ccc23)C1(C)C. The second-order valence-corrected chi connectivity index (χ2v) is 7.20. The number of H-pyrrole nitrogens is 1. The molecule has 1 aliphatic carbocycles. The van der Waals surface area contributed by atoms with Gasteiger partial charge in [-0.2, -0.15) is 0 Å². The third-order valence-electron chi connectivity index (χ3n) is 5.25. The Labute approximate surface area is 119 Å². The maximum atomic E-state index is 6.00. The van der Waals surface area contributed by atoms with Crippen molar-refractivity contribution in [3.8, 4) is 0 Å². The van der Waals surface area contributed by atoms with Gasteiger partial charge in [-0.1, -0.05) is 45.4 Å². The summed E-state index contributed by atoms with van der Waals surface area (Å²) >= 11 is 6.00. The van der Waals surface area contributed by atoms with Gasteiger partial charge in [0.1, 0.15) is 0 Å². The standard InChI is InChI=1S/C16H21ClN2/c1-15(2)14(16(15,3)4)19-9-10-8-18-13-7-11(17)5-6-12(10)13/h5-8,14,18-19H,9H2,1-4H3. The van der Waals surface area contributed by atoms with Crippen molar-refractivity contribution < 1.29 is 0 Å². The van der Waals surface area contributed by atoms with Gasteiger partial charge in [0.15, 0.2) is 0 Å². The molecule has 0 bridgehead atoms. The molecular weight excluding hydrogens is 256 g/mol. The summed E-state index contributed by atoms with van der Waals surface area (Å²) in [4.78, 5) is 3.29. The molecule has 2 aromatic rings. The van der Waals surface area contributed by atoms with E-state index in [9.17, 15) is 0 Å². The number of aromatic nitrogens is 1. The second kappa shape index (κ2) is 4.00. The third-order valence-corrected chi connectivity index (χ3v) is 5.48. The summed E-state index contributed by atoms with van der Waals surface area (Å²) in [5.74, 6) is 0. The van der Waals surface area contributed by atoms with E-state index in [0.717, 1.165) is 17.1 Å². The molecule has 3 rings (SSSR count). The Bertz CT molecular complexity index is 611. The molecule has 1 heterocycles. The van der Waals surface area contributed by atoms with E-state index in [1.165, 1.54) is 10.9 Å². The van der Waals surface area contributed by atoms with Gasteiger partial charge in [-0.3, -0.25) is 0 Å². The first-order valence-corrected chi connectivity index (χ1v) is 7.21. The Kier molecular flexibility index (Phi) is 2.74. The Balaban J connectivity index is 1.77. The van der Waals surface area contributed by atoms with Crippen LogP contribution in [-0.4, -0.2) is 11.0 Å². The highest BCUT2D eigenvalue weighted by Crippen LogP contribution is 2.62. The average molecular weight is 277 g/mol. The van der Waals surface area contributed by atoms with Gasteiger partial charge in [0, 0.05) is 34.7 Å². The summed E-state index contributed by atoms with van der Waals surface area (Å²) in [6, 6.07) is 6.60. The Morgan fingerprint density at radius 1 is 1.21 bits per heavy atom. The normalized spacial score (nSPS) is 20.9. The maximum absolute atomic E-state index is 6.00. The first-order valence-electron chi connectivity index (χ1n) is 6.83. The molecule has 1 aliphatic rings. The largest absolute Gasteiger partial charge is 0.361 e. The predicted molar refractivity (Wildman–Crippen MR) is 81.5 cm³/mol. The predicted octanol–water partition coefficient (Wildman–Crippen LogP) is 4.35. The van der Waals surface area contributed by atoms with Crippen molar-refractivity contribution >= 4 is 22.5 Å². The number of hydrogen-bond donors (Lipinski definition) is 2. The minimum absolute atomic E-state index is 0.377. The molecule has 0 aliphatic heterocycles. The number of halogens is 1. The smallest absolute Gasteiger partial charge is 0.0472 e. The number of benzene rings is 1. The Morgan fingerprint density at radius 2 is 1.89 bits per heavy atom. The van der Waals surface area contributed by atoms with Crippen LogP contribution in [0.15, 0.2) is 24.4 Å². The molecule has 2 N–H and O–H groups in total. The second-order valence-electron chi connectivity index (χ2n) is 6.76. The van der Waals surface area contributed by atoms with Crippen LogP contribution in [0, 0.1) is 10.8 Å². The van der Waals surface area contributed by atoms with E-state index in [-0.39, 0.29) is 0 Å². The zero-order chi connectivity index (χ0) is 13.8. The molecule has 1 aromatic heterocycles. The molecule has 0 atom stereocenters. The molecular formula is C16H21ClN2. The van der Waals surface area contributed by atoms with Crippen LogP contribution in [0.4, 0.5) is 0 Å². The molecule has 1 aromatic carbocycles. The molecule has 0 saturated heterocycles. The highest BCUT2D eigenvalue weighted by Gasteiger charge is 2.64. The molecule has 3 heteroatoms. The lowest BCUT2D eigenvalue weighted by molar-refractivity contribution is 0.457. The van der Waals surface area contributed by atoms with E-state index in [2.05, 4.69) is 50.3 Å². The quantitative estimate of drug-likeness (QED) is 0.857. The molecule has 102 valence electrons. The van der Waals surface area contributed by atoms with Crippen LogP contribution in [0.25, 0.3) is 10.9 Å². The fourth-order valence-corrected chi connectivity index (χ4v) is 3.40. The van der Waals surface area contributed by atoms with Crippen LogP contribution in [0.1, 0.15) is 33.3 Å². The third kappa shape index (κ3) is 1.89. The molecule has 2 nitrogen and oxygen atoms in total. The van der Waals surface area contributed by atoms with Gasteiger partial charge in [-0.25, -0.2) is 0 Å². The van der Waals surface area contributed by atoms with E-state index in [0.29, 0.717) is 16.9 Å². The zero-order valence-corrected chi connectivity index (χ0v) is 12.7. The van der Waals surface area contributed by atoms with Crippen LogP contribution in [0.3, 0.4) is 0 Å². The van der Waals surface area contributed by atoms with Crippen molar-refractivity contribution in [2.45, 2.75) is 40.3 Å². The van der Waals surface area contributed by atoms with E-state index in [1.54, 1.807) is 0 Å². The zero-order valence-electron chi connectivity index (χ0n) is 12.0. The van der Waals surface area contributed by atoms with Gasteiger partial charge >= 0.3 is 0 Å². The number of rotatable bonds is 3. The van der Waals surface area contributed by atoms with E-state index in [1.807, 2.05) is 12.1 Å². The van der Waals surface area contributed by atoms with Crippen molar-refractivity contribution in [1.29, 1.82) is 0 Å². The van der Waals surface area contributed by atoms with Crippen LogP contribution < -0.4 is 5.32 Å². The first kappa shape index (κ1) is 13.0. The topological polar surface area (TPSA) is 27.8 Å². The first-order chi connectivity index (χ1) is 8.84. The highest BCUT2D eigenvalue weighted by molar-refractivity contribution is 6.31. The van der Waals surface area contributed by atoms with Gasteiger partial charge in [-0.05, 0) is 28.5 Å². The molecule has 19 heavy (non-hydrogen) atoms. The molecule has 1 saturated carbocycles. The summed E-state index contributed by atoms with van der Waals surface area (Å²) in [5.41, 5.74) is 3.17. The van der Waals surface area contributed by atoms with E-state index >= 15 is 0 Å². The van der Waals surface area contributed by atoms with E-state index in [4.69, 9.17) is 11.6 Å². The molecule has 0 amide bonds. The van der Waals surface area contributed by atoms with Crippen LogP contribution >= 0.6 is 11.6 Å². The summed E-state index contributed by atoms with van der Waals surface area (Å²) in [6.45, 7) is 10.2. The lowest BCUT2D eigenvalue weighted by atomic mass is 10.0. The summed E-state index contributed by atoms with van der Waals surface area (Å²) in [6.07, 6.45) is 2.08. The minimum atomic E-state index is 0.377. The summed E-state index contributed by atoms with van der Waals surface area (Å²) in [5, 5.41) is 5.73. The molecule has 0 spiro atoms. The fraction of sp³-hybridized carbons (Fsp3) is 0.500. The Morgan fingerprint density at radius 3 is 2.53 bits per heavy atom. The van der Waals surface area contributed by atoms with Gasteiger partial charge in [-0.15, -0.1) is 0 Å². The van der Waals surface area contributed by atoms with Gasteiger partial charge in [0.05, 0.1) is 0 Å². The minimum Gasteiger partial charge on any atom is -0.361 e. The number of fused-ring (bicyclic) bond motifs is 1. The molecule has 1 fully saturated rings. The average Bonchev–Trinajstić information content (AvgIpc) is 2.64. The summed E-state index contributed by atoms with van der Waals surface area (Å²) < 4.78 is 0. The maximum Gasteiger partial charge on any atom is 0.0472 e. The molecule has 0 radical (unpaired) electrons. The van der Waals surface area contributed by atoms with Crippen molar-refractivity contribution in [3.63, 3.8) is 0 Å². The highest BCUT2D eigenvalue weighted by atomic mass is 35.5. The van der Waals surface area contributed by atoms with Crippen molar-refractivity contribution in [2.24, 2.45) is 10.8 Å². The van der Waals surface area contributed by atoms with E-state index < -0.39 is 0 Å².